The van der Waals surface area contributed by atoms with Gasteiger partial charge >= 0.3 is 0 Å². The first-order valence-corrected chi connectivity index (χ1v) is 3.86. The predicted molar refractivity (Wildman–Crippen MR) is 46.0 cm³/mol. The maximum atomic E-state index is 5.76. The molecule has 0 saturated carbocycles. The Labute approximate surface area is 64.2 Å². The van der Waals surface area contributed by atoms with Crippen LogP contribution in [0.2, 0.25) is 0 Å². The fourth-order valence-corrected chi connectivity index (χ4v) is 0.885. The summed E-state index contributed by atoms with van der Waals surface area (Å²) >= 11 is 0. The number of nitrogens with two attached hydrogens (primary N) is 1. The minimum Gasteiger partial charge on any atom is -0.328 e. The van der Waals surface area contributed by atoms with Crippen LogP contribution in [0.4, 0.5) is 0 Å². The molecule has 0 aromatic carbocycles. The summed E-state index contributed by atoms with van der Waals surface area (Å²) in [6.07, 6.45) is 0. The van der Waals surface area contributed by atoms with Crippen molar-refractivity contribution in [3.63, 3.8) is 0 Å². The highest BCUT2D eigenvalue weighted by Crippen LogP contribution is 2.17. The third kappa shape index (κ3) is 2.27. The van der Waals surface area contributed by atoms with E-state index >= 15 is 0 Å². The fourth-order valence-electron chi connectivity index (χ4n) is 0.885. The molecule has 0 amide bonds. The van der Waals surface area contributed by atoms with Gasteiger partial charge < -0.3 is 11.1 Å². The van der Waals surface area contributed by atoms with E-state index in [4.69, 9.17) is 5.73 Å². The van der Waals surface area contributed by atoms with E-state index in [0.717, 1.165) is 0 Å². The van der Waals surface area contributed by atoms with Crippen LogP contribution in [0.3, 0.4) is 0 Å². The molecule has 0 rings (SSSR count). The summed E-state index contributed by atoms with van der Waals surface area (Å²) in [6.45, 7) is 8.55. The van der Waals surface area contributed by atoms with Crippen LogP contribution in [0.25, 0.3) is 0 Å². The minimum absolute atomic E-state index is 0.147. The molecule has 0 spiro atoms. The zero-order valence-electron chi connectivity index (χ0n) is 7.73. The van der Waals surface area contributed by atoms with Crippen molar-refractivity contribution < 1.29 is 0 Å². The molecule has 0 aromatic rings. The smallest absolute Gasteiger partial charge is 0.0162 e. The third-order valence-corrected chi connectivity index (χ3v) is 2.57. The quantitative estimate of drug-likeness (QED) is 0.619. The molecule has 0 aliphatic carbocycles. The molecule has 10 heavy (non-hydrogen) atoms. The van der Waals surface area contributed by atoms with Gasteiger partial charge in [0.25, 0.3) is 0 Å². The maximum Gasteiger partial charge on any atom is 0.0162 e. The number of rotatable bonds is 3. The topological polar surface area (TPSA) is 38.0 Å². The van der Waals surface area contributed by atoms with Gasteiger partial charge in [-0.15, -0.1) is 0 Å². The van der Waals surface area contributed by atoms with E-state index < -0.39 is 0 Å². The van der Waals surface area contributed by atoms with Crippen molar-refractivity contribution in [2.75, 3.05) is 7.05 Å². The second-order valence-electron chi connectivity index (χ2n) is 3.62. The molecule has 0 fully saturated rings. The number of hydrogen-bond acceptors (Lipinski definition) is 2. The van der Waals surface area contributed by atoms with E-state index in [2.05, 4.69) is 26.1 Å². The van der Waals surface area contributed by atoms with E-state index in [9.17, 15) is 0 Å². The number of hydrogen-bond donors (Lipinski definition) is 2. The Morgan fingerprint density at radius 1 is 1.30 bits per heavy atom. The lowest BCUT2D eigenvalue weighted by Crippen LogP contribution is -2.49. The normalized spacial score (nSPS) is 18.6. The number of nitrogens with one attached hydrogen (secondary N) is 1. The van der Waals surface area contributed by atoms with Crippen LogP contribution in [0.5, 0.6) is 0 Å². The highest BCUT2D eigenvalue weighted by molar-refractivity contribution is 4.86. The van der Waals surface area contributed by atoms with E-state index in [-0.39, 0.29) is 11.6 Å². The Hall–Kier alpha value is -0.0800. The van der Waals surface area contributed by atoms with Crippen LogP contribution in [-0.4, -0.2) is 18.6 Å². The summed E-state index contributed by atoms with van der Waals surface area (Å²) in [4.78, 5) is 0. The van der Waals surface area contributed by atoms with Gasteiger partial charge in [-0.25, -0.2) is 0 Å². The van der Waals surface area contributed by atoms with Gasteiger partial charge in [-0.2, -0.15) is 0 Å². The lowest BCUT2D eigenvalue weighted by Gasteiger charge is -2.34. The minimum atomic E-state index is 0.147. The summed E-state index contributed by atoms with van der Waals surface area (Å²) in [7, 11) is 1.97. The highest BCUT2D eigenvalue weighted by Gasteiger charge is 2.25. The largest absolute Gasteiger partial charge is 0.328 e. The van der Waals surface area contributed by atoms with Crippen molar-refractivity contribution in [1.82, 2.24) is 5.32 Å². The van der Waals surface area contributed by atoms with Gasteiger partial charge in [-0.1, -0.05) is 6.92 Å². The zero-order valence-corrected chi connectivity index (χ0v) is 7.73. The molecule has 0 aromatic heterocycles. The fraction of sp³-hybridized carbons (Fsp3) is 1.00. The zero-order chi connectivity index (χ0) is 8.36. The molecule has 0 radical (unpaired) electrons. The average molecular weight is 144 g/mol. The van der Waals surface area contributed by atoms with Crippen LogP contribution in [-0.2, 0) is 0 Å². The van der Waals surface area contributed by atoms with Crippen LogP contribution in [0.1, 0.15) is 27.7 Å². The Balaban J connectivity index is 4.03. The first kappa shape index (κ1) is 9.92. The van der Waals surface area contributed by atoms with Crippen LogP contribution in [0, 0.1) is 5.92 Å². The van der Waals surface area contributed by atoms with Crippen molar-refractivity contribution in [3.05, 3.63) is 0 Å². The van der Waals surface area contributed by atoms with Gasteiger partial charge in [-0.05, 0) is 33.7 Å². The van der Waals surface area contributed by atoms with Gasteiger partial charge in [0.1, 0.15) is 0 Å². The van der Waals surface area contributed by atoms with Gasteiger partial charge in [0.05, 0.1) is 0 Å². The van der Waals surface area contributed by atoms with Crippen LogP contribution < -0.4 is 11.1 Å². The molecule has 2 nitrogen and oxygen atoms in total. The molecular formula is C8H20N2. The summed E-state index contributed by atoms with van der Waals surface area (Å²) in [5, 5.41) is 3.24. The van der Waals surface area contributed by atoms with Gasteiger partial charge in [0.2, 0.25) is 0 Å². The molecule has 2 heteroatoms. The van der Waals surface area contributed by atoms with Crippen LogP contribution >= 0.6 is 0 Å². The lowest BCUT2D eigenvalue weighted by atomic mass is 9.84. The molecule has 2 unspecified atom stereocenters. The molecule has 62 valence electrons. The van der Waals surface area contributed by atoms with E-state index in [1.807, 2.05) is 14.0 Å². The standard InChI is InChI=1S/C8H20N2/c1-6(7(2)9)8(3,4)10-5/h6-7,10H,9H2,1-5H3. The Bertz CT molecular complexity index is 97.4. The van der Waals surface area contributed by atoms with Crippen LogP contribution in [0.15, 0.2) is 0 Å². The third-order valence-electron chi connectivity index (χ3n) is 2.57. The van der Waals surface area contributed by atoms with Crippen molar-refractivity contribution in [2.45, 2.75) is 39.3 Å². The van der Waals surface area contributed by atoms with Crippen molar-refractivity contribution >= 4 is 0 Å². The second kappa shape index (κ2) is 3.35. The molecular weight excluding hydrogens is 124 g/mol. The first-order valence-electron chi connectivity index (χ1n) is 3.86. The lowest BCUT2D eigenvalue weighted by molar-refractivity contribution is 0.257. The second-order valence-corrected chi connectivity index (χ2v) is 3.62. The summed E-state index contributed by atoms with van der Waals surface area (Å²) in [5.41, 5.74) is 5.90. The summed E-state index contributed by atoms with van der Waals surface area (Å²) in [5.74, 6) is 0.498. The molecule has 0 heterocycles. The molecule has 2 atom stereocenters. The molecule has 0 aliphatic heterocycles. The Morgan fingerprint density at radius 3 is 1.80 bits per heavy atom. The Morgan fingerprint density at radius 2 is 1.70 bits per heavy atom. The van der Waals surface area contributed by atoms with E-state index in [1.165, 1.54) is 0 Å². The molecule has 0 bridgehead atoms. The van der Waals surface area contributed by atoms with Gasteiger partial charge in [0.15, 0.2) is 0 Å². The monoisotopic (exact) mass is 144 g/mol. The highest BCUT2D eigenvalue weighted by atomic mass is 14.9. The van der Waals surface area contributed by atoms with Gasteiger partial charge in [0, 0.05) is 11.6 Å². The molecule has 0 aliphatic rings. The molecule has 0 saturated heterocycles. The Kier molecular flexibility index (Phi) is 3.33. The van der Waals surface area contributed by atoms with Crippen molar-refractivity contribution in [2.24, 2.45) is 11.7 Å². The summed E-state index contributed by atoms with van der Waals surface area (Å²) < 4.78 is 0. The van der Waals surface area contributed by atoms with Crippen molar-refractivity contribution in [3.8, 4) is 0 Å². The van der Waals surface area contributed by atoms with E-state index in [0.29, 0.717) is 5.92 Å². The summed E-state index contributed by atoms with van der Waals surface area (Å²) in [6, 6.07) is 0.252. The van der Waals surface area contributed by atoms with Crippen molar-refractivity contribution in [1.29, 1.82) is 0 Å². The molecule has 3 N–H and O–H groups in total. The van der Waals surface area contributed by atoms with Gasteiger partial charge in [-0.3, -0.25) is 0 Å². The average Bonchev–Trinajstić information content (AvgIpc) is 1.86. The predicted octanol–water partition coefficient (Wildman–Crippen LogP) is 0.968. The van der Waals surface area contributed by atoms with E-state index in [1.54, 1.807) is 0 Å². The SMILES string of the molecule is CNC(C)(C)C(C)C(C)N. The maximum absolute atomic E-state index is 5.76. The first-order chi connectivity index (χ1) is 4.41.